The van der Waals surface area contributed by atoms with Gasteiger partial charge in [0.05, 0.1) is 12.8 Å². The fourth-order valence-corrected chi connectivity index (χ4v) is 4.60. The van der Waals surface area contributed by atoms with Crippen molar-refractivity contribution in [3.05, 3.63) is 82.6 Å². The number of hydrogen-bond acceptors (Lipinski definition) is 6. The van der Waals surface area contributed by atoms with Gasteiger partial charge in [-0.3, -0.25) is 9.69 Å². The Morgan fingerprint density at radius 3 is 2.60 bits per heavy atom. The van der Waals surface area contributed by atoms with Gasteiger partial charge in [0.15, 0.2) is 10.3 Å². The first-order valence-electron chi connectivity index (χ1n) is 10.3. The predicted octanol–water partition coefficient (Wildman–Crippen LogP) is 5.42. The van der Waals surface area contributed by atoms with E-state index in [2.05, 4.69) is 15.3 Å². The molecule has 0 atom stereocenters. The third-order valence-corrected chi connectivity index (χ3v) is 6.19. The number of nitrogens with one attached hydrogen (secondary N) is 1. The molecule has 2 aromatic carbocycles. The lowest BCUT2D eigenvalue weighted by Gasteiger charge is -2.13. The highest BCUT2D eigenvalue weighted by Crippen LogP contribution is 2.30. The van der Waals surface area contributed by atoms with E-state index in [0.29, 0.717) is 28.4 Å². The number of alkyl halides is 2. The molecule has 11 heteroatoms. The second-order valence-corrected chi connectivity index (χ2v) is 8.81. The number of anilines is 1. The molecule has 1 amide bonds. The van der Waals surface area contributed by atoms with E-state index in [4.69, 9.17) is 17.0 Å². The number of thiocarbonyl (C=S) groups is 1. The number of carbonyl (C=O) groups is 1. The second kappa shape index (κ2) is 10.4. The van der Waals surface area contributed by atoms with Crippen LogP contribution >= 0.6 is 24.0 Å². The number of thioether (sulfide) groups is 1. The summed E-state index contributed by atoms with van der Waals surface area (Å²) < 4.78 is 44.9. The Bertz CT molecular complexity index is 1320. The zero-order valence-electron chi connectivity index (χ0n) is 18.6. The van der Waals surface area contributed by atoms with Crippen LogP contribution in [0.4, 0.5) is 18.9 Å². The van der Waals surface area contributed by atoms with Gasteiger partial charge in [0.1, 0.15) is 23.0 Å². The molecule has 0 aliphatic carbocycles. The molecule has 2 heterocycles. The number of nitrogens with zero attached hydrogens (tertiary/aromatic N) is 3. The van der Waals surface area contributed by atoms with Gasteiger partial charge in [-0.1, -0.05) is 17.8 Å². The van der Waals surface area contributed by atoms with Crippen LogP contribution in [0, 0.1) is 12.7 Å². The van der Waals surface area contributed by atoms with E-state index < -0.39 is 12.2 Å². The summed E-state index contributed by atoms with van der Waals surface area (Å²) in [6.07, 6.45) is -1.04. The van der Waals surface area contributed by atoms with Crippen molar-refractivity contribution in [2.24, 2.45) is 0 Å². The van der Waals surface area contributed by atoms with Crippen LogP contribution in [0.1, 0.15) is 28.9 Å². The average molecular weight is 517 g/mol. The maximum Gasteiger partial charge on any atom is 0.281 e. The van der Waals surface area contributed by atoms with Crippen LogP contribution in [-0.4, -0.2) is 28.1 Å². The van der Waals surface area contributed by atoms with Crippen LogP contribution in [0.3, 0.4) is 0 Å². The van der Waals surface area contributed by atoms with Crippen molar-refractivity contribution in [3.63, 3.8) is 0 Å². The molecule has 1 aliphatic rings. The summed E-state index contributed by atoms with van der Waals surface area (Å²) >= 11 is 6.50. The Hall–Kier alpha value is -3.44. The second-order valence-electron chi connectivity index (χ2n) is 7.48. The Balaban J connectivity index is 1.56. The summed E-state index contributed by atoms with van der Waals surface area (Å²) in [5, 5.41) is 3.31. The van der Waals surface area contributed by atoms with Crippen molar-refractivity contribution in [1.82, 2.24) is 15.3 Å². The highest BCUT2D eigenvalue weighted by atomic mass is 32.2. The van der Waals surface area contributed by atoms with Crippen LogP contribution in [0.15, 0.2) is 59.4 Å². The predicted molar refractivity (Wildman–Crippen MR) is 132 cm³/mol. The Kier molecular flexibility index (Phi) is 7.37. The SMILES string of the molecule is COc1ccc(/C=C2/NC(=S)N(c3ccc(F)cc3)C2=O)cc1CSc1nc(C)cc(C(F)F)n1. The first-order chi connectivity index (χ1) is 16.7. The summed E-state index contributed by atoms with van der Waals surface area (Å²) in [5.74, 6) is 0.158. The molecular formula is C24H19F3N4O2S2. The van der Waals surface area contributed by atoms with Gasteiger partial charge < -0.3 is 10.1 Å². The van der Waals surface area contributed by atoms with Crippen molar-refractivity contribution in [2.75, 3.05) is 12.0 Å². The highest BCUT2D eigenvalue weighted by Gasteiger charge is 2.32. The van der Waals surface area contributed by atoms with Gasteiger partial charge in [-0.15, -0.1) is 0 Å². The number of aryl methyl sites for hydroxylation is 1. The molecule has 1 saturated heterocycles. The number of hydrogen-bond donors (Lipinski definition) is 1. The van der Waals surface area contributed by atoms with E-state index >= 15 is 0 Å². The number of amides is 1. The smallest absolute Gasteiger partial charge is 0.281 e. The van der Waals surface area contributed by atoms with E-state index in [-0.39, 0.29) is 27.6 Å². The molecule has 0 bridgehead atoms. The van der Waals surface area contributed by atoms with Crippen LogP contribution in [0.5, 0.6) is 5.75 Å². The Labute approximate surface area is 209 Å². The van der Waals surface area contributed by atoms with E-state index in [9.17, 15) is 18.0 Å². The lowest BCUT2D eigenvalue weighted by atomic mass is 10.1. The Morgan fingerprint density at radius 1 is 1.17 bits per heavy atom. The lowest BCUT2D eigenvalue weighted by molar-refractivity contribution is -0.113. The fraction of sp³-hybridized carbons (Fsp3) is 0.167. The molecule has 4 rings (SSSR count). The first-order valence-corrected chi connectivity index (χ1v) is 11.7. The number of benzene rings is 2. The van der Waals surface area contributed by atoms with Crippen LogP contribution < -0.4 is 15.0 Å². The van der Waals surface area contributed by atoms with Crippen molar-refractivity contribution < 1.29 is 22.7 Å². The van der Waals surface area contributed by atoms with Crippen molar-refractivity contribution in [3.8, 4) is 5.75 Å². The zero-order chi connectivity index (χ0) is 25.1. The van der Waals surface area contributed by atoms with Gasteiger partial charge in [-0.25, -0.2) is 23.1 Å². The molecule has 0 radical (unpaired) electrons. The maximum atomic E-state index is 13.3. The van der Waals surface area contributed by atoms with Gasteiger partial charge in [0, 0.05) is 17.0 Å². The number of halogens is 3. The molecule has 3 aromatic rings. The number of rotatable bonds is 7. The summed E-state index contributed by atoms with van der Waals surface area (Å²) in [5.41, 5.74) is 2.30. The van der Waals surface area contributed by atoms with Crippen molar-refractivity contribution in [1.29, 1.82) is 0 Å². The van der Waals surface area contributed by atoms with Crippen molar-refractivity contribution >= 4 is 46.8 Å². The highest BCUT2D eigenvalue weighted by molar-refractivity contribution is 7.98. The van der Waals surface area contributed by atoms with Gasteiger partial charge in [-0.05, 0) is 73.2 Å². The standard InChI is InChI=1S/C24H19F3N4O2S2/c1-13-9-18(21(26)27)29-23(28-13)35-12-15-10-14(3-8-20(15)33-2)11-19-22(32)31(24(34)30-19)17-6-4-16(25)5-7-17/h3-11,21H,12H2,1-2H3,(H,30,34)/b19-11+. The lowest BCUT2D eigenvalue weighted by Crippen LogP contribution is -2.30. The largest absolute Gasteiger partial charge is 0.496 e. The minimum absolute atomic E-state index is 0.184. The molecule has 35 heavy (non-hydrogen) atoms. The van der Waals surface area contributed by atoms with Crippen molar-refractivity contribution in [2.45, 2.75) is 24.3 Å². The maximum absolute atomic E-state index is 13.3. The van der Waals surface area contributed by atoms with Gasteiger partial charge in [0.2, 0.25) is 0 Å². The molecule has 180 valence electrons. The molecule has 1 aromatic heterocycles. The van der Waals surface area contributed by atoms with Gasteiger partial charge in [0.25, 0.3) is 12.3 Å². The van der Waals surface area contributed by atoms with E-state index in [1.54, 1.807) is 25.1 Å². The number of ether oxygens (including phenoxy) is 1. The monoisotopic (exact) mass is 516 g/mol. The Morgan fingerprint density at radius 2 is 1.91 bits per heavy atom. The average Bonchev–Trinajstić information content (AvgIpc) is 3.10. The van der Waals surface area contributed by atoms with Gasteiger partial charge in [-0.2, -0.15) is 0 Å². The summed E-state index contributed by atoms with van der Waals surface area (Å²) in [4.78, 5) is 22.4. The number of aromatic nitrogens is 2. The topological polar surface area (TPSA) is 67.3 Å². The molecule has 1 N–H and O–H groups in total. The minimum Gasteiger partial charge on any atom is -0.496 e. The third-order valence-electron chi connectivity index (χ3n) is 5.01. The minimum atomic E-state index is -2.68. The molecule has 6 nitrogen and oxygen atoms in total. The quantitative estimate of drug-likeness (QED) is 0.195. The summed E-state index contributed by atoms with van der Waals surface area (Å²) in [6, 6.07) is 12.1. The third kappa shape index (κ3) is 5.63. The normalized spacial score (nSPS) is 14.7. The molecule has 0 spiro atoms. The van der Waals surface area contributed by atoms with Gasteiger partial charge >= 0.3 is 0 Å². The fourth-order valence-electron chi connectivity index (χ4n) is 3.41. The molecule has 0 saturated carbocycles. The number of carbonyl (C=O) groups excluding carboxylic acids is 1. The van der Waals surface area contributed by atoms with Crippen LogP contribution in [0.2, 0.25) is 0 Å². The van der Waals surface area contributed by atoms with Crippen LogP contribution in [0.25, 0.3) is 6.08 Å². The van der Waals surface area contributed by atoms with E-state index in [1.165, 1.54) is 54.1 Å². The van der Waals surface area contributed by atoms with E-state index in [1.807, 2.05) is 6.07 Å². The van der Waals surface area contributed by atoms with E-state index in [0.717, 1.165) is 5.56 Å². The van der Waals surface area contributed by atoms with Crippen LogP contribution in [-0.2, 0) is 10.5 Å². The zero-order valence-corrected chi connectivity index (χ0v) is 20.2. The molecule has 1 aliphatic heterocycles. The first kappa shape index (κ1) is 24.7. The molecule has 0 unspecified atom stereocenters. The molecular weight excluding hydrogens is 497 g/mol. The molecule has 1 fully saturated rings. The summed E-state index contributed by atoms with van der Waals surface area (Å²) in [7, 11) is 1.53. The number of methoxy groups -OCH3 is 1. The summed E-state index contributed by atoms with van der Waals surface area (Å²) in [6.45, 7) is 1.64.